The normalized spacial score (nSPS) is 10.7. The lowest BCUT2D eigenvalue weighted by Crippen LogP contribution is -2.37. The summed E-state index contributed by atoms with van der Waals surface area (Å²) in [6.45, 7) is 5.92. The van der Waals surface area contributed by atoms with Crippen LogP contribution in [0.2, 0.25) is 0 Å². The number of carboxylic acid groups (broad SMARTS) is 1. The number of aryl methyl sites for hydroxylation is 2. The number of hydrogen-bond donors (Lipinski definition) is 1. The first kappa shape index (κ1) is 13.7. The molecule has 0 aliphatic rings. The number of aliphatic carboxylic acids is 1. The van der Waals surface area contributed by atoms with Crippen molar-refractivity contribution in [3.8, 4) is 0 Å². The fraction of sp³-hybridized carbons (Fsp3) is 0.692. The van der Waals surface area contributed by atoms with Crippen LogP contribution in [0, 0.1) is 0 Å². The SMILES string of the molecule is CCCCc1n(CCC(=O)O)cc[n+]1CCC. The van der Waals surface area contributed by atoms with Crippen LogP contribution >= 0.6 is 0 Å². The molecule has 0 aliphatic carbocycles. The quantitative estimate of drug-likeness (QED) is 0.705. The molecule has 0 aromatic carbocycles. The molecule has 0 unspecified atom stereocenters. The minimum atomic E-state index is -0.734. The molecule has 0 fully saturated rings. The van der Waals surface area contributed by atoms with Gasteiger partial charge in [0.05, 0.1) is 13.0 Å². The van der Waals surface area contributed by atoms with E-state index < -0.39 is 5.97 Å². The van der Waals surface area contributed by atoms with E-state index in [0.717, 1.165) is 32.2 Å². The molecule has 1 heterocycles. The van der Waals surface area contributed by atoms with E-state index in [9.17, 15) is 4.79 Å². The maximum absolute atomic E-state index is 10.6. The van der Waals surface area contributed by atoms with Gasteiger partial charge in [-0.2, -0.15) is 0 Å². The number of rotatable bonds is 8. The van der Waals surface area contributed by atoms with E-state index in [1.165, 1.54) is 5.82 Å². The Hall–Kier alpha value is -1.32. The van der Waals surface area contributed by atoms with Gasteiger partial charge in [0, 0.05) is 6.42 Å². The standard InChI is InChI=1S/C13H22N2O2/c1-3-5-6-12-14(8-4-2)10-11-15(12)9-7-13(16)17/h10-11H,3-9H2,1-2H3/p+1. The molecule has 1 N–H and O–H groups in total. The van der Waals surface area contributed by atoms with Gasteiger partial charge in [-0.3, -0.25) is 4.79 Å². The Morgan fingerprint density at radius 3 is 2.76 bits per heavy atom. The van der Waals surface area contributed by atoms with Gasteiger partial charge in [0.2, 0.25) is 0 Å². The Labute approximate surface area is 103 Å². The van der Waals surface area contributed by atoms with E-state index >= 15 is 0 Å². The molecule has 1 aromatic rings. The highest BCUT2D eigenvalue weighted by atomic mass is 16.4. The van der Waals surface area contributed by atoms with E-state index in [0.29, 0.717) is 6.54 Å². The van der Waals surface area contributed by atoms with Crippen molar-refractivity contribution in [2.45, 2.75) is 59.0 Å². The largest absolute Gasteiger partial charge is 0.481 e. The molecule has 0 radical (unpaired) electrons. The summed E-state index contributed by atoms with van der Waals surface area (Å²) in [4.78, 5) is 10.6. The predicted octanol–water partition coefficient (Wildman–Crippen LogP) is 2.00. The minimum absolute atomic E-state index is 0.194. The monoisotopic (exact) mass is 239 g/mol. The van der Waals surface area contributed by atoms with E-state index in [2.05, 4.69) is 29.2 Å². The van der Waals surface area contributed by atoms with Crippen LogP contribution in [0.25, 0.3) is 0 Å². The molecule has 0 spiro atoms. The lowest BCUT2D eigenvalue weighted by atomic mass is 10.2. The maximum atomic E-state index is 10.6. The summed E-state index contributed by atoms with van der Waals surface area (Å²) in [6, 6.07) is 0. The number of unbranched alkanes of at least 4 members (excludes halogenated alkanes) is 1. The third kappa shape index (κ3) is 4.21. The summed E-state index contributed by atoms with van der Waals surface area (Å²) < 4.78 is 4.33. The lowest BCUT2D eigenvalue weighted by molar-refractivity contribution is -0.703. The van der Waals surface area contributed by atoms with Crippen molar-refractivity contribution >= 4 is 5.97 Å². The van der Waals surface area contributed by atoms with Gasteiger partial charge in [-0.05, 0) is 12.8 Å². The highest BCUT2D eigenvalue weighted by Crippen LogP contribution is 2.04. The molecule has 0 saturated carbocycles. The zero-order valence-electron chi connectivity index (χ0n) is 10.9. The van der Waals surface area contributed by atoms with Crippen molar-refractivity contribution in [2.24, 2.45) is 0 Å². The van der Waals surface area contributed by atoms with E-state index in [4.69, 9.17) is 5.11 Å². The van der Waals surface area contributed by atoms with Gasteiger partial charge < -0.3 is 5.11 Å². The number of nitrogens with zero attached hydrogens (tertiary/aromatic N) is 2. The summed E-state index contributed by atoms with van der Waals surface area (Å²) in [5.41, 5.74) is 0. The summed E-state index contributed by atoms with van der Waals surface area (Å²) in [5, 5.41) is 8.73. The number of imidazole rings is 1. The second kappa shape index (κ2) is 7.09. The Morgan fingerprint density at radius 2 is 2.18 bits per heavy atom. The van der Waals surface area contributed by atoms with Crippen molar-refractivity contribution in [2.75, 3.05) is 0 Å². The minimum Gasteiger partial charge on any atom is -0.481 e. The molecule has 0 saturated heterocycles. The molecule has 0 aliphatic heterocycles. The van der Waals surface area contributed by atoms with Crippen molar-refractivity contribution in [3.05, 3.63) is 18.2 Å². The van der Waals surface area contributed by atoms with Crippen molar-refractivity contribution in [1.82, 2.24) is 4.57 Å². The van der Waals surface area contributed by atoms with Gasteiger partial charge in [0.15, 0.2) is 0 Å². The lowest BCUT2D eigenvalue weighted by Gasteiger charge is -2.03. The Morgan fingerprint density at radius 1 is 1.41 bits per heavy atom. The zero-order chi connectivity index (χ0) is 12.7. The van der Waals surface area contributed by atoms with Crippen LogP contribution in [0.5, 0.6) is 0 Å². The third-order valence-corrected chi connectivity index (χ3v) is 2.87. The van der Waals surface area contributed by atoms with Crippen LogP contribution in [0.3, 0.4) is 0 Å². The molecule has 4 heteroatoms. The fourth-order valence-corrected chi connectivity index (χ4v) is 1.98. The van der Waals surface area contributed by atoms with Gasteiger partial charge in [-0.25, -0.2) is 9.13 Å². The highest BCUT2D eigenvalue weighted by Gasteiger charge is 2.16. The Balaban J connectivity index is 2.75. The van der Waals surface area contributed by atoms with Crippen LogP contribution in [0.1, 0.15) is 45.4 Å². The van der Waals surface area contributed by atoms with Crippen molar-refractivity contribution in [1.29, 1.82) is 0 Å². The molecular weight excluding hydrogens is 216 g/mol. The summed E-state index contributed by atoms with van der Waals surface area (Å²) >= 11 is 0. The number of carboxylic acids is 1. The number of carbonyl (C=O) groups is 1. The van der Waals surface area contributed by atoms with Crippen molar-refractivity contribution < 1.29 is 14.5 Å². The third-order valence-electron chi connectivity index (χ3n) is 2.87. The van der Waals surface area contributed by atoms with Crippen LogP contribution in [0.15, 0.2) is 12.4 Å². The average Bonchev–Trinajstić information content (AvgIpc) is 2.67. The molecule has 4 nitrogen and oxygen atoms in total. The van der Waals surface area contributed by atoms with Crippen LogP contribution in [-0.2, 0) is 24.3 Å². The summed E-state index contributed by atoms with van der Waals surface area (Å²) in [6.07, 6.45) is 8.72. The second-order valence-corrected chi connectivity index (χ2v) is 4.35. The van der Waals surface area contributed by atoms with Gasteiger partial charge >= 0.3 is 5.97 Å². The summed E-state index contributed by atoms with van der Waals surface area (Å²) in [7, 11) is 0. The first-order valence-electron chi connectivity index (χ1n) is 6.48. The first-order valence-corrected chi connectivity index (χ1v) is 6.48. The van der Waals surface area contributed by atoms with E-state index in [1.54, 1.807) is 0 Å². The molecule has 0 atom stereocenters. The van der Waals surface area contributed by atoms with E-state index in [-0.39, 0.29) is 6.42 Å². The van der Waals surface area contributed by atoms with Gasteiger partial charge in [-0.1, -0.05) is 20.3 Å². The van der Waals surface area contributed by atoms with Crippen LogP contribution < -0.4 is 4.57 Å². The Kier molecular flexibility index (Phi) is 5.73. The smallest absolute Gasteiger partial charge is 0.307 e. The molecule has 96 valence electrons. The van der Waals surface area contributed by atoms with Crippen LogP contribution in [-0.4, -0.2) is 15.6 Å². The van der Waals surface area contributed by atoms with Crippen molar-refractivity contribution in [3.63, 3.8) is 0 Å². The molecular formula is C13H23N2O2+. The second-order valence-electron chi connectivity index (χ2n) is 4.35. The van der Waals surface area contributed by atoms with Gasteiger partial charge in [0.25, 0.3) is 5.82 Å². The average molecular weight is 239 g/mol. The van der Waals surface area contributed by atoms with Crippen LogP contribution in [0.4, 0.5) is 0 Å². The molecule has 17 heavy (non-hydrogen) atoms. The zero-order valence-corrected chi connectivity index (χ0v) is 10.9. The topological polar surface area (TPSA) is 46.1 Å². The maximum Gasteiger partial charge on any atom is 0.307 e. The molecule has 0 amide bonds. The fourth-order valence-electron chi connectivity index (χ4n) is 1.98. The number of hydrogen-bond acceptors (Lipinski definition) is 1. The molecule has 1 rings (SSSR count). The number of aromatic nitrogens is 2. The Bertz CT molecular complexity index is 358. The van der Waals surface area contributed by atoms with Gasteiger partial charge in [0.1, 0.15) is 18.9 Å². The highest BCUT2D eigenvalue weighted by molar-refractivity contribution is 5.66. The molecule has 1 aromatic heterocycles. The van der Waals surface area contributed by atoms with E-state index in [1.807, 2.05) is 6.20 Å². The first-order chi connectivity index (χ1) is 8.19. The van der Waals surface area contributed by atoms with Gasteiger partial charge in [-0.15, -0.1) is 0 Å². The summed E-state index contributed by atoms with van der Waals surface area (Å²) in [5.74, 6) is 0.525. The predicted molar refractivity (Wildman–Crippen MR) is 65.8 cm³/mol. The molecule has 0 bridgehead atoms.